The highest BCUT2D eigenvalue weighted by Gasteiger charge is 2.16. The van der Waals surface area contributed by atoms with Gasteiger partial charge in [-0.3, -0.25) is 9.59 Å². The number of nitrogens with one attached hydrogen (secondary N) is 2. The first kappa shape index (κ1) is 28.6. The van der Waals surface area contributed by atoms with Gasteiger partial charge < -0.3 is 34.7 Å². The predicted molar refractivity (Wildman–Crippen MR) is 134 cm³/mol. The van der Waals surface area contributed by atoms with Crippen LogP contribution in [0.5, 0.6) is 11.5 Å². The van der Waals surface area contributed by atoms with E-state index in [0.29, 0.717) is 17.2 Å². The van der Waals surface area contributed by atoms with Crippen molar-refractivity contribution in [2.24, 2.45) is 10.2 Å². The molecule has 2 amide bonds. The van der Waals surface area contributed by atoms with E-state index in [1.807, 2.05) is 0 Å². The van der Waals surface area contributed by atoms with Gasteiger partial charge in [0.1, 0.15) is 42.8 Å². The molecule has 0 aromatic heterocycles. The molecule has 3 N–H and O–H groups in total. The van der Waals surface area contributed by atoms with Gasteiger partial charge in [-0.2, -0.15) is 0 Å². The summed E-state index contributed by atoms with van der Waals surface area (Å²) >= 11 is 0. The Morgan fingerprint density at radius 2 is 1.65 bits per heavy atom. The molecule has 0 spiro atoms. The van der Waals surface area contributed by atoms with Crippen molar-refractivity contribution >= 4 is 29.3 Å². The summed E-state index contributed by atoms with van der Waals surface area (Å²) in [6.07, 6.45) is -0.422. The molecular weight excluding hydrogens is 484 g/mol. The summed E-state index contributed by atoms with van der Waals surface area (Å²) in [4.78, 5) is 35.4. The maximum absolute atomic E-state index is 12.7. The van der Waals surface area contributed by atoms with E-state index in [4.69, 9.17) is 18.9 Å². The minimum absolute atomic E-state index is 0.0147. The van der Waals surface area contributed by atoms with Gasteiger partial charge in [-0.25, -0.2) is 4.79 Å². The number of aliphatic hydroxyl groups excluding tert-OH is 1. The minimum Gasteiger partial charge on any atom is -0.510 e. The fraction of sp³-hybridized carbons (Fsp3) is 0.320. The first-order valence-electron chi connectivity index (χ1n) is 11.4. The Balaban J connectivity index is 1.92. The maximum atomic E-state index is 12.7. The number of nitrogens with zero attached hydrogens (tertiary/aromatic N) is 2. The number of ether oxygens (including phenoxy) is 4. The molecule has 198 valence electrons. The number of methoxy groups -OCH3 is 1. The Kier molecular flexibility index (Phi) is 11.9. The summed E-state index contributed by atoms with van der Waals surface area (Å²) in [6, 6.07) is 13.4. The van der Waals surface area contributed by atoms with Crippen molar-refractivity contribution in [3.05, 3.63) is 60.0 Å². The van der Waals surface area contributed by atoms with Crippen LogP contribution in [0, 0.1) is 0 Å². The number of benzene rings is 2. The summed E-state index contributed by atoms with van der Waals surface area (Å²) < 4.78 is 20.7. The van der Waals surface area contributed by atoms with Crippen LogP contribution in [0.2, 0.25) is 0 Å². The fourth-order valence-corrected chi connectivity index (χ4v) is 2.73. The van der Waals surface area contributed by atoms with Crippen LogP contribution in [0.1, 0.15) is 20.3 Å². The Bertz CT molecular complexity index is 1130. The van der Waals surface area contributed by atoms with Gasteiger partial charge in [0.05, 0.1) is 19.3 Å². The molecule has 0 saturated heterocycles. The zero-order valence-electron chi connectivity index (χ0n) is 20.9. The Labute approximate surface area is 214 Å². The van der Waals surface area contributed by atoms with Crippen LogP contribution in [0.15, 0.2) is 70.2 Å². The minimum atomic E-state index is -0.685. The lowest BCUT2D eigenvalue weighted by molar-refractivity contribution is -0.143. The number of anilines is 1. The summed E-state index contributed by atoms with van der Waals surface area (Å²) in [5.74, 6) is -0.610. The monoisotopic (exact) mass is 514 g/mol. The molecule has 0 aliphatic heterocycles. The predicted octanol–water partition coefficient (Wildman–Crippen LogP) is 4.27. The van der Waals surface area contributed by atoms with Gasteiger partial charge in [0, 0.05) is 6.42 Å². The van der Waals surface area contributed by atoms with Gasteiger partial charge in [0.15, 0.2) is 5.70 Å². The second kappa shape index (κ2) is 15.4. The molecule has 0 unspecified atom stereocenters. The van der Waals surface area contributed by atoms with E-state index in [9.17, 15) is 19.5 Å². The maximum Gasteiger partial charge on any atom is 0.407 e. The van der Waals surface area contributed by atoms with Crippen molar-refractivity contribution in [3.8, 4) is 11.5 Å². The fourth-order valence-electron chi connectivity index (χ4n) is 2.73. The van der Waals surface area contributed by atoms with Crippen molar-refractivity contribution in [3.63, 3.8) is 0 Å². The number of rotatable bonds is 13. The lowest BCUT2D eigenvalue weighted by Gasteiger charge is -2.11. The summed E-state index contributed by atoms with van der Waals surface area (Å²) in [7, 11) is 1.47. The third kappa shape index (κ3) is 9.88. The molecule has 0 heterocycles. The zero-order valence-corrected chi connectivity index (χ0v) is 20.9. The number of para-hydroxylation sites is 3. The molecule has 0 saturated carbocycles. The molecule has 12 nitrogen and oxygen atoms in total. The quantitative estimate of drug-likeness (QED) is 0.118. The normalized spacial score (nSPS) is 11.3. The van der Waals surface area contributed by atoms with Gasteiger partial charge in [-0.15, -0.1) is 10.2 Å². The lowest BCUT2D eigenvalue weighted by atomic mass is 10.2. The molecule has 0 aliphatic rings. The van der Waals surface area contributed by atoms with Crippen LogP contribution in [0.3, 0.4) is 0 Å². The SMILES string of the molecule is CCC(=O)OCCNC(=O)OCCOc1ccccc1N=NC(C(=O)Nc1ccccc1OC)=C(C)O. The molecule has 12 heteroatoms. The third-order valence-electron chi connectivity index (χ3n) is 4.53. The highest BCUT2D eigenvalue weighted by atomic mass is 16.6. The molecule has 0 atom stereocenters. The standard InChI is InChI=1S/C25H30N4O8/c1-4-22(31)36-14-13-26-25(33)37-16-15-35-21-12-8-6-10-19(21)28-29-23(17(2)30)24(32)27-18-9-5-7-11-20(18)34-3/h5-12,30H,4,13-16H2,1-3H3,(H,26,33)(H,27,32). The number of carbonyl (C=O) groups is 3. The Morgan fingerprint density at radius 1 is 0.946 bits per heavy atom. The average molecular weight is 515 g/mol. The number of hydrogen-bond donors (Lipinski definition) is 3. The van der Waals surface area contributed by atoms with Crippen molar-refractivity contribution in [2.75, 3.05) is 38.8 Å². The number of carbonyl (C=O) groups excluding carboxylic acids is 3. The summed E-state index contributed by atoms with van der Waals surface area (Å²) in [6.45, 7) is 3.12. The van der Waals surface area contributed by atoms with Crippen molar-refractivity contribution in [1.29, 1.82) is 0 Å². The number of hydrogen-bond acceptors (Lipinski definition) is 10. The molecule has 2 aromatic carbocycles. The number of allylic oxidation sites excluding steroid dienone is 1. The van der Waals surface area contributed by atoms with E-state index in [-0.39, 0.29) is 55.9 Å². The van der Waals surface area contributed by atoms with Crippen LogP contribution < -0.4 is 20.1 Å². The number of azo groups is 1. The van der Waals surface area contributed by atoms with Crippen LogP contribution in [-0.4, -0.2) is 56.6 Å². The van der Waals surface area contributed by atoms with Gasteiger partial charge in [-0.05, 0) is 31.2 Å². The molecule has 0 fully saturated rings. The number of esters is 1. The van der Waals surface area contributed by atoms with E-state index in [1.165, 1.54) is 14.0 Å². The van der Waals surface area contributed by atoms with E-state index < -0.39 is 12.0 Å². The van der Waals surface area contributed by atoms with Gasteiger partial charge >= 0.3 is 12.1 Å². The van der Waals surface area contributed by atoms with Crippen LogP contribution in [0.4, 0.5) is 16.2 Å². The third-order valence-corrected chi connectivity index (χ3v) is 4.53. The first-order chi connectivity index (χ1) is 17.8. The van der Waals surface area contributed by atoms with E-state index in [0.717, 1.165) is 0 Å². The van der Waals surface area contributed by atoms with E-state index in [1.54, 1.807) is 55.5 Å². The van der Waals surface area contributed by atoms with Gasteiger partial charge in [0.25, 0.3) is 5.91 Å². The number of amides is 2. The second-order valence-electron chi connectivity index (χ2n) is 7.24. The molecule has 2 rings (SSSR count). The molecule has 0 radical (unpaired) electrons. The zero-order chi connectivity index (χ0) is 27.0. The largest absolute Gasteiger partial charge is 0.510 e. The van der Waals surface area contributed by atoms with Crippen LogP contribution in [-0.2, 0) is 19.1 Å². The van der Waals surface area contributed by atoms with Gasteiger partial charge in [-0.1, -0.05) is 31.2 Å². The summed E-state index contributed by atoms with van der Waals surface area (Å²) in [5.41, 5.74) is 0.387. The van der Waals surface area contributed by atoms with E-state index >= 15 is 0 Å². The van der Waals surface area contributed by atoms with Crippen LogP contribution >= 0.6 is 0 Å². The van der Waals surface area contributed by atoms with Crippen molar-refractivity contribution in [2.45, 2.75) is 20.3 Å². The summed E-state index contributed by atoms with van der Waals surface area (Å²) in [5, 5.41) is 23.0. The van der Waals surface area contributed by atoms with Crippen LogP contribution in [0.25, 0.3) is 0 Å². The highest BCUT2D eigenvalue weighted by molar-refractivity contribution is 6.04. The topological polar surface area (TPSA) is 157 Å². The smallest absolute Gasteiger partial charge is 0.407 e. The highest BCUT2D eigenvalue weighted by Crippen LogP contribution is 2.28. The van der Waals surface area contributed by atoms with E-state index in [2.05, 4.69) is 20.9 Å². The number of alkyl carbamates (subject to hydrolysis) is 1. The lowest BCUT2D eigenvalue weighted by Crippen LogP contribution is -2.29. The molecule has 0 aliphatic carbocycles. The second-order valence-corrected chi connectivity index (χ2v) is 7.24. The molecule has 0 bridgehead atoms. The molecule has 37 heavy (non-hydrogen) atoms. The first-order valence-corrected chi connectivity index (χ1v) is 11.4. The molecule has 2 aromatic rings. The Hall–Kier alpha value is -4.61. The van der Waals surface area contributed by atoms with Gasteiger partial charge in [0.2, 0.25) is 0 Å². The van der Waals surface area contributed by atoms with Crippen molar-refractivity contribution < 1.29 is 38.4 Å². The number of aliphatic hydroxyl groups is 1. The average Bonchev–Trinajstić information content (AvgIpc) is 2.89. The van der Waals surface area contributed by atoms with Crippen molar-refractivity contribution in [1.82, 2.24) is 5.32 Å². The Morgan fingerprint density at radius 3 is 2.35 bits per heavy atom. The molecular formula is C25H30N4O8.